The number of hydrogen-bond acceptors (Lipinski definition) is 3. The summed E-state index contributed by atoms with van der Waals surface area (Å²) in [6.07, 6.45) is 3.61. The van der Waals surface area contributed by atoms with Crippen LogP contribution < -0.4 is 5.32 Å². The fraction of sp³-hybridized carbons (Fsp3) is 0.312. The van der Waals surface area contributed by atoms with Gasteiger partial charge in [0.2, 0.25) is 0 Å². The molecule has 1 aromatic heterocycles. The number of aromatic nitrogens is 1. The lowest BCUT2D eigenvalue weighted by Gasteiger charge is -2.21. The zero-order valence-corrected chi connectivity index (χ0v) is 11.7. The van der Waals surface area contributed by atoms with E-state index < -0.39 is 0 Å². The molecule has 0 saturated carbocycles. The van der Waals surface area contributed by atoms with E-state index in [1.165, 1.54) is 11.6 Å². The number of likely N-dealkylation sites (N-methyl/N-ethyl adjacent to an activating group) is 1. The fourth-order valence-electron chi connectivity index (χ4n) is 2.05. The van der Waals surface area contributed by atoms with Crippen molar-refractivity contribution in [3.63, 3.8) is 0 Å². The topological polar surface area (TPSA) is 28.2 Å². The maximum absolute atomic E-state index is 13.5. The summed E-state index contributed by atoms with van der Waals surface area (Å²) >= 11 is 0. The van der Waals surface area contributed by atoms with E-state index >= 15 is 0 Å². The summed E-state index contributed by atoms with van der Waals surface area (Å²) in [4.78, 5) is 6.33. The molecule has 2 aromatic rings. The predicted molar refractivity (Wildman–Crippen MR) is 80.1 cm³/mol. The third-order valence-corrected chi connectivity index (χ3v) is 3.22. The number of nitrogens with one attached hydrogen (secondary N) is 1. The molecule has 0 radical (unpaired) electrons. The number of pyridine rings is 1. The normalized spacial score (nSPS) is 10.8. The van der Waals surface area contributed by atoms with Crippen LogP contribution in [0.2, 0.25) is 0 Å². The fourth-order valence-corrected chi connectivity index (χ4v) is 2.05. The van der Waals surface area contributed by atoms with Crippen LogP contribution in [-0.2, 0) is 6.54 Å². The van der Waals surface area contributed by atoms with Crippen LogP contribution in [0.1, 0.15) is 12.5 Å². The first-order chi connectivity index (χ1) is 9.79. The van der Waals surface area contributed by atoms with Crippen LogP contribution in [0.3, 0.4) is 0 Å². The van der Waals surface area contributed by atoms with Crippen molar-refractivity contribution in [2.24, 2.45) is 0 Å². The molecule has 1 heterocycles. The minimum atomic E-state index is -0.204. The maximum Gasteiger partial charge on any atom is 0.146 e. The van der Waals surface area contributed by atoms with E-state index in [1.54, 1.807) is 24.5 Å². The number of para-hydroxylation sites is 1. The molecule has 1 N–H and O–H groups in total. The minimum absolute atomic E-state index is 0.204. The van der Waals surface area contributed by atoms with Gasteiger partial charge in [-0.3, -0.25) is 9.88 Å². The van der Waals surface area contributed by atoms with E-state index in [0.717, 1.165) is 26.2 Å². The van der Waals surface area contributed by atoms with E-state index in [4.69, 9.17) is 0 Å². The molecule has 0 spiro atoms. The third kappa shape index (κ3) is 4.31. The molecule has 0 saturated heterocycles. The highest BCUT2D eigenvalue weighted by molar-refractivity contribution is 5.44. The van der Waals surface area contributed by atoms with Crippen LogP contribution in [0.15, 0.2) is 48.8 Å². The smallest absolute Gasteiger partial charge is 0.146 e. The summed E-state index contributed by atoms with van der Waals surface area (Å²) in [6, 6.07) is 10.8. The summed E-state index contributed by atoms with van der Waals surface area (Å²) < 4.78 is 13.5. The Morgan fingerprint density at radius 1 is 1.15 bits per heavy atom. The Morgan fingerprint density at radius 2 is 1.90 bits per heavy atom. The molecule has 0 aliphatic rings. The molecule has 106 valence electrons. The Hall–Kier alpha value is -1.94. The first kappa shape index (κ1) is 14.5. The van der Waals surface area contributed by atoms with Gasteiger partial charge in [-0.25, -0.2) is 4.39 Å². The average molecular weight is 273 g/mol. The second-order valence-corrected chi connectivity index (χ2v) is 4.63. The van der Waals surface area contributed by atoms with Gasteiger partial charge in [-0.15, -0.1) is 0 Å². The summed E-state index contributed by atoms with van der Waals surface area (Å²) in [5, 5.41) is 3.13. The van der Waals surface area contributed by atoms with Gasteiger partial charge in [0.15, 0.2) is 0 Å². The van der Waals surface area contributed by atoms with Crippen molar-refractivity contribution in [1.82, 2.24) is 9.88 Å². The van der Waals surface area contributed by atoms with Crippen LogP contribution in [0.4, 0.5) is 10.1 Å². The molecule has 0 amide bonds. The van der Waals surface area contributed by atoms with Gasteiger partial charge in [0.05, 0.1) is 5.69 Å². The SMILES string of the molecule is CCN(CCNc1ccccc1F)Cc1ccncc1. The standard InChI is InChI=1S/C16H20FN3/c1-2-20(13-14-7-9-18-10-8-14)12-11-19-16-6-4-3-5-15(16)17/h3-10,19H,2,11-13H2,1H3. The highest BCUT2D eigenvalue weighted by Crippen LogP contribution is 2.12. The molecule has 2 rings (SSSR count). The quantitative estimate of drug-likeness (QED) is 0.840. The van der Waals surface area contributed by atoms with Gasteiger partial charge in [-0.05, 0) is 36.4 Å². The lowest BCUT2D eigenvalue weighted by atomic mass is 10.2. The molecule has 0 fully saturated rings. The molecular formula is C16H20FN3. The highest BCUT2D eigenvalue weighted by Gasteiger charge is 2.04. The maximum atomic E-state index is 13.5. The largest absolute Gasteiger partial charge is 0.381 e. The number of nitrogens with zero attached hydrogens (tertiary/aromatic N) is 2. The van der Waals surface area contributed by atoms with Crippen molar-refractivity contribution in [3.05, 3.63) is 60.2 Å². The van der Waals surface area contributed by atoms with Crippen molar-refractivity contribution >= 4 is 5.69 Å². The summed E-state index contributed by atoms with van der Waals surface area (Å²) in [5.74, 6) is -0.204. The van der Waals surface area contributed by atoms with E-state index in [2.05, 4.69) is 22.1 Å². The molecule has 0 aliphatic carbocycles. The van der Waals surface area contributed by atoms with Gasteiger partial charge in [0, 0.05) is 32.0 Å². The molecule has 0 aliphatic heterocycles. The Labute approximate surface area is 119 Å². The van der Waals surface area contributed by atoms with Crippen LogP contribution in [-0.4, -0.2) is 29.5 Å². The lowest BCUT2D eigenvalue weighted by molar-refractivity contribution is 0.291. The number of benzene rings is 1. The molecule has 3 nitrogen and oxygen atoms in total. The Kier molecular flexibility index (Phi) is 5.50. The zero-order valence-electron chi connectivity index (χ0n) is 11.7. The van der Waals surface area contributed by atoms with Crippen molar-refractivity contribution in [1.29, 1.82) is 0 Å². The number of anilines is 1. The van der Waals surface area contributed by atoms with Crippen molar-refractivity contribution in [2.75, 3.05) is 25.0 Å². The lowest BCUT2D eigenvalue weighted by Crippen LogP contribution is -2.28. The van der Waals surface area contributed by atoms with Gasteiger partial charge < -0.3 is 5.32 Å². The van der Waals surface area contributed by atoms with Crippen molar-refractivity contribution in [2.45, 2.75) is 13.5 Å². The number of rotatable bonds is 7. The first-order valence-corrected chi connectivity index (χ1v) is 6.89. The van der Waals surface area contributed by atoms with Crippen molar-refractivity contribution in [3.8, 4) is 0 Å². The van der Waals surface area contributed by atoms with Crippen LogP contribution in [0, 0.1) is 5.82 Å². The molecular weight excluding hydrogens is 253 g/mol. The zero-order chi connectivity index (χ0) is 14.2. The van der Waals surface area contributed by atoms with E-state index in [-0.39, 0.29) is 5.82 Å². The molecule has 0 bridgehead atoms. The van der Waals surface area contributed by atoms with E-state index in [0.29, 0.717) is 5.69 Å². The molecule has 1 aromatic carbocycles. The van der Waals surface area contributed by atoms with E-state index in [1.807, 2.05) is 18.2 Å². The van der Waals surface area contributed by atoms with E-state index in [9.17, 15) is 4.39 Å². The van der Waals surface area contributed by atoms with Gasteiger partial charge in [-0.1, -0.05) is 19.1 Å². The Bertz CT molecular complexity index is 516. The summed E-state index contributed by atoms with van der Waals surface area (Å²) in [5.41, 5.74) is 1.81. The molecule has 0 unspecified atom stereocenters. The van der Waals surface area contributed by atoms with Gasteiger partial charge >= 0.3 is 0 Å². The highest BCUT2D eigenvalue weighted by atomic mass is 19.1. The van der Waals surface area contributed by atoms with Crippen LogP contribution in [0.5, 0.6) is 0 Å². The Balaban J connectivity index is 1.81. The second kappa shape index (κ2) is 7.60. The molecule has 20 heavy (non-hydrogen) atoms. The first-order valence-electron chi connectivity index (χ1n) is 6.89. The van der Waals surface area contributed by atoms with Gasteiger partial charge in [0.25, 0.3) is 0 Å². The van der Waals surface area contributed by atoms with Crippen LogP contribution >= 0.6 is 0 Å². The van der Waals surface area contributed by atoms with Gasteiger partial charge in [0.1, 0.15) is 5.82 Å². The van der Waals surface area contributed by atoms with Gasteiger partial charge in [-0.2, -0.15) is 0 Å². The molecule has 4 heteroatoms. The second-order valence-electron chi connectivity index (χ2n) is 4.63. The summed E-state index contributed by atoms with van der Waals surface area (Å²) in [6.45, 7) is 5.57. The number of halogens is 1. The van der Waals surface area contributed by atoms with Crippen LogP contribution in [0.25, 0.3) is 0 Å². The third-order valence-electron chi connectivity index (χ3n) is 3.22. The minimum Gasteiger partial charge on any atom is -0.381 e. The van der Waals surface area contributed by atoms with Crippen molar-refractivity contribution < 1.29 is 4.39 Å². The predicted octanol–water partition coefficient (Wildman–Crippen LogP) is 3.15. The number of hydrogen-bond donors (Lipinski definition) is 1. The average Bonchev–Trinajstić information content (AvgIpc) is 2.49. The Morgan fingerprint density at radius 3 is 2.60 bits per heavy atom. The summed E-state index contributed by atoms with van der Waals surface area (Å²) in [7, 11) is 0. The monoisotopic (exact) mass is 273 g/mol. The molecule has 0 atom stereocenters.